The predicted octanol–water partition coefficient (Wildman–Crippen LogP) is 2.77. The first-order valence-electron chi connectivity index (χ1n) is 3.30. The molecule has 0 nitrogen and oxygen atoms in total. The van der Waals surface area contributed by atoms with Crippen LogP contribution in [0.2, 0.25) is 0 Å². The van der Waals surface area contributed by atoms with Gasteiger partial charge in [-0.2, -0.15) is 0 Å². The molecule has 0 aliphatic carbocycles. The first kappa shape index (κ1) is 9.48. The second kappa shape index (κ2) is 8.48. The van der Waals surface area contributed by atoms with Crippen LogP contribution in [0.4, 0.5) is 0 Å². The van der Waals surface area contributed by atoms with Gasteiger partial charge in [0.1, 0.15) is 0 Å². The third-order valence-corrected chi connectivity index (χ3v) is 0.933. The molecule has 0 aliphatic heterocycles. The first-order chi connectivity index (χ1) is 4.91. The molecule has 0 aromatic heterocycles. The summed E-state index contributed by atoms with van der Waals surface area (Å²) in [4.78, 5) is 0. The second-order valence-electron chi connectivity index (χ2n) is 1.76. The molecule has 0 amide bonds. The van der Waals surface area contributed by atoms with Crippen molar-refractivity contribution in [2.45, 2.75) is 6.42 Å². The Morgan fingerprint density at radius 2 is 1.70 bits per heavy atom. The zero-order chi connectivity index (χ0) is 7.66. The molecule has 0 aromatic rings. The van der Waals surface area contributed by atoms with Gasteiger partial charge in [0.25, 0.3) is 0 Å². The fourth-order valence-electron chi connectivity index (χ4n) is 0.475. The molecule has 0 fully saturated rings. The van der Waals surface area contributed by atoms with Gasteiger partial charge in [-0.3, -0.25) is 0 Å². The largest absolute Gasteiger partial charge is 0.0843 e. The van der Waals surface area contributed by atoms with Crippen LogP contribution in [0.3, 0.4) is 0 Å². The van der Waals surface area contributed by atoms with Gasteiger partial charge in [-0.25, -0.2) is 0 Å². The number of hydrogen-bond acceptors (Lipinski definition) is 0. The Morgan fingerprint density at radius 1 is 0.900 bits per heavy atom. The van der Waals surface area contributed by atoms with Crippen molar-refractivity contribution in [2.24, 2.45) is 0 Å². The molecule has 0 rings (SSSR count). The Bertz CT molecular complexity index is 98.6. The molecule has 0 unspecified atom stereocenters. The van der Waals surface area contributed by atoms with Crippen LogP contribution in [0, 0.1) is 33.1 Å². The fraction of sp³-hybridized carbons (Fsp3) is 0.100. The molecule has 0 heterocycles. The molecule has 0 aromatic carbocycles. The van der Waals surface area contributed by atoms with Crippen molar-refractivity contribution in [3.8, 4) is 0 Å². The number of hydrogen-bond donors (Lipinski definition) is 0. The summed E-state index contributed by atoms with van der Waals surface area (Å²) < 4.78 is 0. The van der Waals surface area contributed by atoms with E-state index in [0.29, 0.717) is 0 Å². The Labute approximate surface area is 64.6 Å². The van der Waals surface area contributed by atoms with Crippen LogP contribution < -0.4 is 0 Å². The van der Waals surface area contributed by atoms with Gasteiger partial charge in [0.2, 0.25) is 0 Å². The lowest BCUT2D eigenvalue weighted by Crippen LogP contribution is -1.68. The van der Waals surface area contributed by atoms with Crippen LogP contribution in [0.25, 0.3) is 0 Å². The minimum absolute atomic E-state index is 0.949. The summed E-state index contributed by atoms with van der Waals surface area (Å²) in [6, 6.07) is 0. The van der Waals surface area contributed by atoms with Crippen molar-refractivity contribution in [1.82, 2.24) is 0 Å². The number of rotatable bonds is 5. The van der Waals surface area contributed by atoms with Crippen LogP contribution in [0.5, 0.6) is 0 Å². The van der Waals surface area contributed by atoms with Crippen molar-refractivity contribution >= 4 is 0 Å². The zero-order valence-corrected chi connectivity index (χ0v) is 6.16. The summed E-state index contributed by atoms with van der Waals surface area (Å²) in [5.74, 6) is 0. The lowest BCUT2D eigenvalue weighted by atomic mass is 10.2. The topological polar surface area (TPSA) is 0 Å². The highest BCUT2D eigenvalue weighted by Gasteiger charge is 1.75. The summed E-state index contributed by atoms with van der Waals surface area (Å²) in [5.41, 5.74) is 0. The molecule has 0 saturated heterocycles. The average Bonchev–Trinajstić information content (AvgIpc) is 1.97. The Kier molecular flexibility index (Phi) is 8.04. The lowest BCUT2D eigenvalue weighted by molar-refractivity contribution is 1.25. The summed E-state index contributed by atoms with van der Waals surface area (Å²) in [6.07, 6.45) is 14.4. The molecule has 0 spiro atoms. The molecular formula is C10H13. The molecule has 0 aliphatic rings. The molecule has 53 valence electrons. The zero-order valence-electron chi connectivity index (χ0n) is 6.16. The number of allylic oxidation sites excluding steroid dienone is 4. The van der Waals surface area contributed by atoms with Gasteiger partial charge < -0.3 is 0 Å². The molecule has 0 bridgehead atoms. The van der Waals surface area contributed by atoms with E-state index in [4.69, 9.17) is 0 Å². The minimum Gasteiger partial charge on any atom is -0.0843 e. The minimum atomic E-state index is 0.949. The van der Waals surface area contributed by atoms with E-state index in [1.165, 1.54) is 0 Å². The fourth-order valence-corrected chi connectivity index (χ4v) is 0.475. The van der Waals surface area contributed by atoms with Crippen molar-refractivity contribution in [1.29, 1.82) is 0 Å². The molecular weight excluding hydrogens is 120 g/mol. The Balaban J connectivity index is 3.11. The quantitative estimate of drug-likeness (QED) is 0.399. The van der Waals surface area contributed by atoms with Crippen molar-refractivity contribution in [3.63, 3.8) is 0 Å². The van der Waals surface area contributed by atoms with E-state index >= 15 is 0 Å². The normalized spacial score (nSPS) is 11.8. The Hall–Kier alpha value is -0.520. The van der Waals surface area contributed by atoms with E-state index < -0.39 is 0 Å². The van der Waals surface area contributed by atoms with Gasteiger partial charge in [0, 0.05) is 0 Å². The van der Waals surface area contributed by atoms with Gasteiger partial charge >= 0.3 is 0 Å². The maximum absolute atomic E-state index is 3.57. The summed E-state index contributed by atoms with van der Waals surface area (Å²) in [6.45, 7) is 7.12. The average molecular weight is 133 g/mol. The van der Waals surface area contributed by atoms with E-state index in [9.17, 15) is 0 Å². The second-order valence-corrected chi connectivity index (χ2v) is 1.76. The van der Waals surface area contributed by atoms with E-state index in [1.807, 2.05) is 24.6 Å². The predicted molar refractivity (Wildman–Crippen MR) is 46.5 cm³/mol. The highest BCUT2D eigenvalue weighted by molar-refractivity contribution is 5.09. The highest BCUT2D eigenvalue weighted by atomic mass is 13.8. The van der Waals surface area contributed by atoms with E-state index in [2.05, 4.69) is 19.9 Å². The lowest BCUT2D eigenvalue weighted by Gasteiger charge is -1.84. The van der Waals surface area contributed by atoms with E-state index in [-0.39, 0.29) is 0 Å². The number of unbranched alkanes of at least 4 members (excludes halogenated alkanes) is 2. The van der Waals surface area contributed by atoms with Gasteiger partial charge in [0.15, 0.2) is 0 Å². The maximum atomic E-state index is 3.57. The standard InChI is InChI=1S/C10H13/c1-3-5-7-9-10-8-6-4-2/h3-7,9-10H,1-2,8H2/b7-5+,10-9+. The summed E-state index contributed by atoms with van der Waals surface area (Å²) >= 11 is 0. The van der Waals surface area contributed by atoms with Crippen molar-refractivity contribution in [2.75, 3.05) is 0 Å². The Morgan fingerprint density at radius 3 is 2.30 bits per heavy atom. The summed E-state index contributed by atoms with van der Waals surface area (Å²) in [7, 11) is 0. The van der Waals surface area contributed by atoms with E-state index in [1.54, 1.807) is 12.8 Å². The van der Waals surface area contributed by atoms with Crippen LogP contribution in [0.1, 0.15) is 6.42 Å². The maximum Gasteiger partial charge on any atom is -0.0167 e. The van der Waals surface area contributed by atoms with Gasteiger partial charge in [-0.1, -0.05) is 24.3 Å². The smallest absolute Gasteiger partial charge is 0.0167 e. The monoisotopic (exact) mass is 133 g/mol. The SMILES string of the molecule is [CH2][CH][CH]C/C=C/C=C/[CH][CH2]. The van der Waals surface area contributed by atoms with Gasteiger partial charge in [-0.05, 0) is 39.5 Å². The molecule has 0 N–H and O–H groups in total. The van der Waals surface area contributed by atoms with Crippen LogP contribution in [0.15, 0.2) is 24.3 Å². The third-order valence-electron chi connectivity index (χ3n) is 0.933. The third kappa shape index (κ3) is 7.48. The molecule has 0 saturated carbocycles. The van der Waals surface area contributed by atoms with Crippen LogP contribution in [-0.4, -0.2) is 0 Å². The van der Waals surface area contributed by atoms with Gasteiger partial charge in [-0.15, -0.1) is 0 Å². The molecule has 10 heavy (non-hydrogen) atoms. The van der Waals surface area contributed by atoms with Crippen LogP contribution >= 0.6 is 0 Å². The first-order valence-corrected chi connectivity index (χ1v) is 3.30. The molecule has 5 radical (unpaired) electrons. The van der Waals surface area contributed by atoms with Crippen LogP contribution in [-0.2, 0) is 0 Å². The van der Waals surface area contributed by atoms with Gasteiger partial charge in [0.05, 0.1) is 0 Å². The highest BCUT2D eigenvalue weighted by Crippen LogP contribution is 1.92. The molecule has 0 atom stereocenters. The molecule has 0 heteroatoms. The van der Waals surface area contributed by atoms with E-state index in [0.717, 1.165) is 6.42 Å². The van der Waals surface area contributed by atoms with Crippen molar-refractivity contribution < 1.29 is 0 Å². The summed E-state index contributed by atoms with van der Waals surface area (Å²) in [5, 5.41) is 0. The van der Waals surface area contributed by atoms with Crippen molar-refractivity contribution in [3.05, 3.63) is 57.4 Å².